The molecular formula is C14H24N2. The van der Waals surface area contributed by atoms with E-state index in [2.05, 4.69) is 16.1 Å². The average molecular weight is 220 g/mol. The van der Waals surface area contributed by atoms with E-state index in [-0.39, 0.29) is 0 Å². The predicted octanol–water partition coefficient (Wildman–Crippen LogP) is 1.87. The van der Waals surface area contributed by atoms with Crippen LogP contribution in [0.2, 0.25) is 0 Å². The van der Waals surface area contributed by atoms with Crippen molar-refractivity contribution in [3.8, 4) is 12.3 Å². The molecule has 0 saturated carbocycles. The van der Waals surface area contributed by atoms with Crippen LogP contribution in [0.3, 0.4) is 0 Å². The molecule has 0 amide bonds. The van der Waals surface area contributed by atoms with Crippen LogP contribution in [0.25, 0.3) is 0 Å². The maximum absolute atomic E-state index is 5.30. The Morgan fingerprint density at radius 1 is 1.31 bits per heavy atom. The molecule has 1 spiro atoms. The van der Waals surface area contributed by atoms with Crippen LogP contribution in [0.5, 0.6) is 0 Å². The topological polar surface area (TPSA) is 15.3 Å². The summed E-state index contributed by atoms with van der Waals surface area (Å²) < 4.78 is 0. The van der Waals surface area contributed by atoms with Crippen molar-refractivity contribution < 1.29 is 0 Å². The molecule has 0 bridgehead atoms. The van der Waals surface area contributed by atoms with E-state index in [1.54, 1.807) is 0 Å². The number of hydrogen-bond acceptors (Lipinski definition) is 2. The molecule has 0 aromatic heterocycles. The molecule has 0 aromatic rings. The number of nitrogens with one attached hydrogen (secondary N) is 1. The standard InChI is InChI=1S/C14H24N2/c1-2-3-4-10-16-11-6-8-14(13-16)7-5-9-15-12-14/h1,15H,3-13H2. The summed E-state index contributed by atoms with van der Waals surface area (Å²) in [4.78, 5) is 2.63. The summed E-state index contributed by atoms with van der Waals surface area (Å²) in [5.41, 5.74) is 0.590. The fourth-order valence-corrected chi connectivity index (χ4v) is 3.28. The highest BCUT2D eigenvalue weighted by Gasteiger charge is 2.35. The van der Waals surface area contributed by atoms with Gasteiger partial charge in [0.15, 0.2) is 0 Å². The number of nitrogens with zero attached hydrogens (tertiary/aromatic N) is 1. The van der Waals surface area contributed by atoms with Crippen molar-refractivity contribution >= 4 is 0 Å². The van der Waals surface area contributed by atoms with Gasteiger partial charge in [-0.2, -0.15) is 0 Å². The molecule has 2 fully saturated rings. The van der Waals surface area contributed by atoms with Crippen molar-refractivity contribution in [2.75, 3.05) is 32.7 Å². The summed E-state index contributed by atoms with van der Waals surface area (Å²) in [6.07, 6.45) is 13.0. The minimum Gasteiger partial charge on any atom is -0.316 e. The van der Waals surface area contributed by atoms with Gasteiger partial charge in [-0.25, -0.2) is 0 Å². The van der Waals surface area contributed by atoms with Crippen LogP contribution in [-0.2, 0) is 0 Å². The molecule has 2 saturated heterocycles. The lowest BCUT2D eigenvalue weighted by molar-refractivity contribution is 0.0643. The SMILES string of the molecule is C#CCCCN1CCCC2(CCCNC2)C1. The number of rotatable bonds is 3. The van der Waals surface area contributed by atoms with Gasteiger partial charge in [-0.15, -0.1) is 12.3 Å². The zero-order valence-corrected chi connectivity index (χ0v) is 10.3. The molecule has 2 aliphatic heterocycles. The Balaban J connectivity index is 1.81. The average Bonchev–Trinajstić information content (AvgIpc) is 2.31. The normalized spacial score (nSPS) is 31.4. The van der Waals surface area contributed by atoms with Crippen molar-refractivity contribution in [1.29, 1.82) is 0 Å². The lowest BCUT2D eigenvalue weighted by Crippen LogP contribution is -2.51. The molecule has 2 heterocycles. The highest BCUT2D eigenvalue weighted by atomic mass is 15.1. The Kier molecular flexibility index (Phi) is 4.26. The molecule has 0 radical (unpaired) electrons. The van der Waals surface area contributed by atoms with Gasteiger partial charge < -0.3 is 10.2 Å². The third kappa shape index (κ3) is 2.99. The van der Waals surface area contributed by atoms with Crippen LogP contribution in [0, 0.1) is 17.8 Å². The van der Waals surface area contributed by atoms with Crippen molar-refractivity contribution in [2.45, 2.75) is 38.5 Å². The molecule has 0 aromatic carbocycles. The maximum Gasteiger partial charge on any atom is 0.00982 e. The van der Waals surface area contributed by atoms with E-state index in [1.165, 1.54) is 64.8 Å². The van der Waals surface area contributed by atoms with Gasteiger partial charge in [0.1, 0.15) is 0 Å². The van der Waals surface area contributed by atoms with Crippen LogP contribution in [-0.4, -0.2) is 37.6 Å². The molecule has 90 valence electrons. The molecular weight excluding hydrogens is 196 g/mol. The molecule has 2 aliphatic rings. The van der Waals surface area contributed by atoms with Gasteiger partial charge in [0.05, 0.1) is 0 Å². The Morgan fingerprint density at radius 2 is 2.19 bits per heavy atom. The van der Waals surface area contributed by atoms with E-state index < -0.39 is 0 Å². The summed E-state index contributed by atoms with van der Waals surface area (Å²) in [5, 5.41) is 3.57. The second-order valence-electron chi connectivity index (χ2n) is 5.47. The summed E-state index contributed by atoms with van der Waals surface area (Å²) in [5.74, 6) is 2.74. The van der Waals surface area contributed by atoms with Crippen LogP contribution >= 0.6 is 0 Å². The quantitative estimate of drug-likeness (QED) is 0.577. The van der Waals surface area contributed by atoms with E-state index in [0.717, 1.165) is 6.42 Å². The first-order valence-corrected chi connectivity index (χ1v) is 6.71. The van der Waals surface area contributed by atoms with Gasteiger partial charge >= 0.3 is 0 Å². The smallest absolute Gasteiger partial charge is 0.00982 e. The van der Waals surface area contributed by atoms with Crippen molar-refractivity contribution in [2.24, 2.45) is 5.41 Å². The Labute approximate surface area is 99.8 Å². The minimum absolute atomic E-state index is 0.590. The molecule has 16 heavy (non-hydrogen) atoms. The predicted molar refractivity (Wildman–Crippen MR) is 68.3 cm³/mol. The van der Waals surface area contributed by atoms with Crippen molar-refractivity contribution in [3.63, 3.8) is 0 Å². The van der Waals surface area contributed by atoms with Gasteiger partial charge in [0.2, 0.25) is 0 Å². The van der Waals surface area contributed by atoms with E-state index in [1.807, 2.05) is 0 Å². The first kappa shape index (κ1) is 12.0. The van der Waals surface area contributed by atoms with E-state index in [0.29, 0.717) is 5.41 Å². The monoisotopic (exact) mass is 220 g/mol. The lowest BCUT2D eigenvalue weighted by Gasteiger charge is -2.45. The summed E-state index contributed by atoms with van der Waals surface area (Å²) in [6.45, 7) is 6.24. The second-order valence-corrected chi connectivity index (χ2v) is 5.47. The largest absolute Gasteiger partial charge is 0.316 e. The third-order valence-electron chi connectivity index (χ3n) is 4.10. The van der Waals surface area contributed by atoms with E-state index >= 15 is 0 Å². The Bertz CT molecular complexity index is 242. The highest BCUT2D eigenvalue weighted by molar-refractivity contribution is 4.92. The molecule has 1 N–H and O–H groups in total. The second kappa shape index (κ2) is 5.70. The molecule has 0 aliphatic carbocycles. The number of likely N-dealkylation sites (tertiary alicyclic amines) is 1. The first-order chi connectivity index (χ1) is 7.85. The lowest BCUT2D eigenvalue weighted by atomic mass is 9.74. The summed E-state index contributed by atoms with van der Waals surface area (Å²) >= 11 is 0. The maximum atomic E-state index is 5.30. The molecule has 1 atom stereocenters. The van der Waals surface area contributed by atoms with Gasteiger partial charge in [0.25, 0.3) is 0 Å². The fourth-order valence-electron chi connectivity index (χ4n) is 3.28. The van der Waals surface area contributed by atoms with Crippen LogP contribution in [0.15, 0.2) is 0 Å². The minimum atomic E-state index is 0.590. The molecule has 2 nitrogen and oxygen atoms in total. The zero-order chi connectivity index (χ0) is 11.3. The van der Waals surface area contributed by atoms with Gasteiger partial charge in [0, 0.05) is 19.5 Å². The van der Waals surface area contributed by atoms with E-state index in [9.17, 15) is 0 Å². The molecule has 1 unspecified atom stereocenters. The summed E-state index contributed by atoms with van der Waals surface area (Å²) in [6, 6.07) is 0. The van der Waals surface area contributed by atoms with Gasteiger partial charge in [-0.3, -0.25) is 0 Å². The van der Waals surface area contributed by atoms with Gasteiger partial charge in [-0.1, -0.05) is 0 Å². The number of unbranched alkanes of at least 4 members (excludes halogenated alkanes) is 1. The summed E-state index contributed by atoms with van der Waals surface area (Å²) in [7, 11) is 0. The Morgan fingerprint density at radius 3 is 2.94 bits per heavy atom. The van der Waals surface area contributed by atoms with Crippen LogP contribution in [0.1, 0.15) is 38.5 Å². The first-order valence-electron chi connectivity index (χ1n) is 6.71. The van der Waals surface area contributed by atoms with Gasteiger partial charge in [-0.05, 0) is 57.2 Å². The zero-order valence-electron chi connectivity index (χ0n) is 10.3. The Hall–Kier alpha value is -0.520. The van der Waals surface area contributed by atoms with Crippen LogP contribution in [0.4, 0.5) is 0 Å². The number of hydrogen-bond donors (Lipinski definition) is 1. The van der Waals surface area contributed by atoms with Crippen LogP contribution < -0.4 is 5.32 Å². The fraction of sp³-hybridized carbons (Fsp3) is 0.857. The van der Waals surface area contributed by atoms with E-state index in [4.69, 9.17) is 6.42 Å². The third-order valence-corrected chi connectivity index (χ3v) is 4.10. The molecule has 2 rings (SSSR count). The van der Waals surface area contributed by atoms with Crippen molar-refractivity contribution in [1.82, 2.24) is 10.2 Å². The molecule has 2 heteroatoms. The number of piperidine rings is 2. The highest BCUT2D eigenvalue weighted by Crippen LogP contribution is 2.35. The number of terminal acetylenes is 1. The van der Waals surface area contributed by atoms with Crippen molar-refractivity contribution in [3.05, 3.63) is 0 Å².